The summed E-state index contributed by atoms with van der Waals surface area (Å²) in [5.41, 5.74) is 1.80. The van der Waals surface area contributed by atoms with Gasteiger partial charge in [0.2, 0.25) is 0 Å². The van der Waals surface area contributed by atoms with E-state index in [9.17, 15) is 5.11 Å². The van der Waals surface area contributed by atoms with Crippen molar-refractivity contribution in [3.05, 3.63) is 23.3 Å². The van der Waals surface area contributed by atoms with E-state index in [1.165, 1.54) is 0 Å². The summed E-state index contributed by atoms with van der Waals surface area (Å²) in [6.45, 7) is 8.27. The summed E-state index contributed by atoms with van der Waals surface area (Å²) in [7, 11) is 1.65. The number of hydrogen-bond donors (Lipinski definition) is 1. The molecule has 2 nitrogen and oxygen atoms in total. The molecule has 0 aliphatic rings. The molecule has 0 heterocycles. The molecule has 84 valence electrons. The Hall–Kier alpha value is -1.18. The second-order valence-corrected chi connectivity index (χ2v) is 4.58. The maximum atomic E-state index is 10.0. The summed E-state index contributed by atoms with van der Waals surface area (Å²) in [5, 5.41) is 10.0. The number of rotatable bonds is 3. The largest absolute Gasteiger partial charge is 0.507 e. The number of benzene rings is 1. The van der Waals surface area contributed by atoms with Crippen LogP contribution in [0.5, 0.6) is 11.5 Å². The SMILES string of the molecule is CCC(C)(C)c1cc(OC)cc(C)c1O. The van der Waals surface area contributed by atoms with Crippen LogP contribution in [-0.4, -0.2) is 12.2 Å². The van der Waals surface area contributed by atoms with Gasteiger partial charge in [0.25, 0.3) is 0 Å². The highest BCUT2D eigenvalue weighted by Gasteiger charge is 2.23. The van der Waals surface area contributed by atoms with Gasteiger partial charge >= 0.3 is 0 Å². The predicted molar refractivity (Wildman–Crippen MR) is 62.7 cm³/mol. The molecule has 0 saturated carbocycles. The lowest BCUT2D eigenvalue weighted by atomic mass is 9.81. The molecule has 0 bridgehead atoms. The van der Waals surface area contributed by atoms with Gasteiger partial charge in [-0.1, -0.05) is 20.8 Å². The van der Waals surface area contributed by atoms with Crippen molar-refractivity contribution in [3.8, 4) is 11.5 Å². The molecular formula is C13H20O2. The minimum Gasteiger partial charge on any atom is -0.507 e. The zero-order chi connectivity index (χ0) is 11.6. The van der Waals surface area contributed by atoms with E-state index in [-0.39, 0.29) is 5.41 Å². The van der Waals surface area contributed by atoms with Crippen molar-refractivity contribution in [1.82, 2.24) is 0 Å². The van der Waals surface area contributed by atoms with Gasteiger partial charge < -0.3 is 9.84 Å². The molecule has 0 amide bonds. The number of methoxy groups -OCH3 is 1. The molecule has 0 saturated heterocycles. The van der Waals surface area contributed by atoms with Crippen molar-refractivity contribution in [2.24, 2.45) is 0 Å². The molecule has 1 N–H and O–H groups in total. The van der Waals surface area contributed by atoms with E-state index in [1.807, 2.05) is 19.1 Å². The molecule has 0 fully saturated rings. The Kier molecular flexibility index (Phi) is 3.28. The van der Waals surface area contributed by atoms with Crippen LogP contribution < -0.4 is 4.74 Å². The number of aromatic hydroxyl groups is 1. The average Bonchev–Trinajstić information content (AvgIpc) is 2.21. The van der Waals surface area contributed by atoms with Crippen LogP contribution >= 0.6 is 0 Å². The van der Waals surface area contributed by atoms with E-state index in [1.54, 1.807) is 7.11 Å². The summed E-state index contributed by atoms with van der Waals surface area (Å²) in [6.07, 6.45) is 0.979. The normalized spacial score (nSPS) is 11.5. The first kappa shape index (κ1) is 11.9. The van der Waals surface area contributed by atoms with Crippen molar-refractivity contribution in [2.45, 2.75) is 39.5 Å². The minimum atomic E-state index is -0.0244. The Bertz CT molecular complexity index is 354. The van der Waals surface area contributed by atoms with Crippen LogP contribution in [0.15, 0.2) is 12.1 Å². The second kappa shape index (κ2) is 4.13. The van der Waals surface area contributed by atoms with Crippen LogP contribution in [0.1, 0.15) is 38.3 Å². The van der Waals surface area contributed by atoms with E-state index in [0.29, 0.717) is 5.75 Å². The fourth-order valence-electron chi connectivity index (χ4n) is 1.57. The highest BCUT2D eigenvalue weighted by atomic mass is 16.5. The number of aryl methyl sites for hydroxylation is 1. The van der Waals surface area contributed by atoms with E-state index in [0.717, 1.165) is 23.3 Å². The molecule has 15 heavy (non-hydrogen) atoms. The van der Waals surface area contributed by atoms with Crippen molar-refractivity contribution in [1.29, 1.82) is 0 Å². The van der Waals surface area contributed by atoms with E-state index in [2.05, 4.69) is 20.8 Å². The number of hydrogen-bond acceptors (Lipinski definition) is 2. The summed E-state index contributed by atoms with van der Waals surface area (Å²) in [4.78, 5) is 0. The van der Waals surface area contributed by atoms with Gasteiger partial charge in [-0.25, -0.2) is 0 Å². The highest BCUT2D eigenvalue weighted by Crippen LogP contribution is 2.38. The monoisotopic (exact) mass is 208 g/mol. The van der Waals surface area contributed by atoms with Gasteiger partial charge in [-0.3, -0.25) is 0 Å². The minimum absolute atomic E-state index is 0.0244. The molecule has 0 radical (unpaired) electrons. The van der Waals surface area contributed by atoms with Crippen LogP contribution in [0.4, 0.5) is 0 Å². The third-order valence-electron chi connectivity index (χ3n) is 3.12. The quantitative estimate of drug-likeness (QED) is 0.825. The Morgan fingerprint density at radius 3 is 2.40 bits per heavy atom. The summed E-state index contributed by atoms with van der Waals surface area (Å²) in [6, 6.07) is 3.77. The maximum absolute atomic E-state index is 10.0. The number of phenols is 1. The Labute approximate surface area is 91.9 Å². The lowest BCUT2D eigenvalue weighted by Gasteiger charge is -2.25. The van der Waals surface area contributed by atoms with Crippen molar-refractivity contribution in [3.63, 3.8) is 0 Å². The first-order chi connectivity index (χ1) is 6.92. The summed E-state index contributed by atoms with van der Waals surface area (Å²) < 4.78 is 5.22. The highest BCUT2D eigenvalue weighted by molar-refractivity contribution is 5.48. The average molecular weight is 208 g/mol. The molecule has 0 unspecified atom stereocenters. The molecule has 0 aliphatic heterocycles. The van der Waals surface area contributed by atoms with Crippen LogP contribution in [0.3, 0.4) is 0 Å². The first-order valence-electron chi connectivity index (χ1n) is 5.30. The van der Waals surface area contributed by atoms with Crippen LogP contribution in [0.2, 0.25) is 0 Å². The van der Waals surface area contributed by atoms with Gasteiger partial charge in [-0.15, -0.1) is 0 Å². The molecule has 0 aliphatic carbocycles. The third kappa shape index (κ3) is 2.25. The molecule has 0 atom stereocenters. The standard InChI is InChI=1S/C13H20O2/c1-6-13(3,4)11-8-10(15-5)7-9(2)12(11)14/h7-8,14H,6H2,1-5H3. The fraction of sp³-hybridized carbons (Fsp3) is 0.538. The van der Waals surface area contributed by atoms with Crippen LogP contribution in [0.25, 0.3) is 0 Å². The molecule has 1 rings (SSSR count). The van der Waals surface area contributed by atoms with Gasteiger partial charge in [0.1, 0.15) is 11.5 Å². The number of ether oxygens (including phenoxy) is 1. The van der Waals surface area contributed by atoms with Gasteiger partial charge in [0, 0.05) is 5.56 Å². The zero-order valence-corrected chi connectivity index (χ0v) is 10.2. The second-order valence-electron chi connectivity index (χ2n) is 4.58. The van der Waals surface area contributed by atoms with Gasteiger partial charge in [0.05, 0.1) is 7.11 Å². The van der Waals surface area contributed by atoms with E-state index in [4.69, 9.17) is 4.74 Å². The van der Waals surface area contributed by atoms with Crippen LogP contribution in [-0.2, 0) is 5.41 Å². The molecule has 0 aromatic heterocycles. The molecule has 1 aromatic carbocycles. The number of phenolic OH excluding ortho intramolecular Hbond substituents is 1. The van der Waals surface area contributed by atoms with E-state index < -0.39 is 0 Å². The van der Waals surface area contributed by atoms with Crippen LogP contribution in [0, 0.1) is 6.92 Å². The lowest BCUT2D eigenvalue weighted by molar-refractivity contribution is 0.398. The van der Waals surface area contributed by atoms with Gasteiger partial charge in [0.15, 0.2) is 0 Å². The smallest absolute Gasteiger partial charge is 0.122 e. The van der Waals surface area contributed by atoms with Gasteiger partial charge in [-0.05, 0) is 36.5 Å². The molecule has 1 aromatic rings. The Balaban J connectivity index is 3.34. The van der Waals surface area contributed by atoms with Crippen molar-refractivity contribution in [2.75, 3.05) is 7.11 Å². The summed E-state index contributed by atoms with van der Waals surface area (Å²) in [5.74, 6) is 1.20. The zero-order valence-electron chi connectivity index (χ0n) is 10.2. The summed E-state index contributed by atoms with van der Waals surface area (Å²) >= 11 is 0. The first-order valence-corrected chi connectivity index (χ1v) is 5.30. The fourth-order valence-corrected chi connectivity index (χ4v) is 1.57. The topological polar surface area (TPSA) is 29.5 Å². The molecule has 2 heteroatoms. The Morgan fingerprint density at radius 1 is 1.33 bits per heavy atom. The molecular weight excluding hydrogens is 188 g/mol. The third-order valence-corrected chi connectivity index (χ3v) is 3.12. The Morgan fingerprint density at radius 2 is 1.93 bits per heavy atom. The van der Waals surface area contributed by atoms with E-state index >= 15 is 0 Å². The predicted octanol–water partition coefficient (Wildman–Crippen LogP) is 3.40. The molecule has 0 spiro atoms. The van der Waals surface area contributed by atoms with Crippen molar-refractivity contribution < 1.29 is 9.84 Å². The van der Waals surface area contributed by atoms with Crippen molar-refractivity contribution >= 4 is 0 Å². The maximum Gasteiger partial charge on any atom is 0.122 e. The lowest BCUT2D eigenvalue weighted by Crippen LogP contribution is -2.16. The van der Waals surface area contributed by atoms with Gasteiger partial charge in [-0.2, -0.15) is 0 Å².